The van der Waals surface area contributed by atoms with E-state index < -0.39 is 31.5 Å². The van der Waals surface area contributed by atoms with E-state index in [4.69, 9.17) is 8.22 Å². The molecule has 3 aliphatic rings. The summed E-state index contributed by atoms with van der Waals surface area (Å²) < 4.78 is 45.6. The molecule has 6 atom stereocenters. The predicted molar refractivity (Wildman–Crippen MR) is 124 cm³/mol. The largest absolute Gasteiger partial charge is 0.393 e. The summed E-state index contributed by atoms with van der Waals surface area (Å²) in [5, 5.41) is 30.8. The van der Waals surface area contributed by atoms with E-state index in [0.29, 0.717) is 49.0 Å². The van der Waals surface area contributed by atoms with Crippen LogP contribution in [0.3, 0.4) is 0 Å². The first-order chi connectivity index (χ1) is 16.5. The maximum atomic E-state index is 10.6. The lowest BCUT2D eigenvalue weighted by molar-refractivity contribution is 0.0596. The van der Waals surface area contributed by atoms with E-state index in [1.807, 2.05) is 6.08 Å². The maximum Gasteiger partial charge on any atom is 0.0811 e. The normalized spacial score (nSPS) is 42.6. The van der Waals surface area contributed by atoms with Crippen LogP contribution < -0.4 is 0 Å². The molecule has 3 aliphatic carbocycles. The molecule has 3 fully saturated rings. The quantitative estimate of drug-likeness (QED) is 0.514. The molecule has 0 amide bonds. The van der Waals surface area contributed by atoms with Gasteiger partial charge in [0, 0.05) is 14.6 Å². The van der Waals surface area contributed by atoms with E-state index in [9.17, 15) is 15.3 Å². The van der Waals surface area contributed by atoms with Crippen LogP contribution in [0.15, 0.2) is 35.5 Å². The van der Waals surface area contributed by atoms with E-state index in [-0.39, 0.29) is 11.8 Å². The highest BCUT2D eigenvalue weighted by Gasteiger charge is 2.50. The van der Waals surface area contributed by atoms with Crippen molar-refractivity contribution in [2.75, 3.05) is 0 Å². The second-order valence-corrected chi connectivity index (χ2v) is 10.4. The third-order valence-corrected chi connectivity index (χ3v) is 8.19. The summed E-state index contributed by atoms with van der Waals surface area (Å²) in [6.45, 7) is 2.64. The monoisotopic (exact) mass is 422 g/mol. The molecular weight excluding hydrogens is 372 g/mol. The van der Waals surface area contributed by atoms with Crippen molar-refractivity contribution in [1.82, 2.24) is 0 Å². The minimum Gasteiger partial charge on any atom is -0.393 e. The average molecular weight is 423 g/mol. The van der Waals surface area contributed by atoms with Crippen molar-refractivity contribution in [3.8, 4) is 0 Å². The Bertz CT molecular complexity index is 860. The third-order valence-electron chi connectivity index (χ3n) is 8.19. The standard InChI is InChI=1S/C27H44O3/c1-18(8-6-14-26(3,4)30)23-12-13-24-20(9-7-15-27(23,24)5)10-11-21-16-22(28)17-25(29)19(21)2/h10-11,18,22-25,28-30H,2,6-9,12-17H2,1,3-5H3/b20-10+,21-11-/t18-,22-,23-,24+,25-,27-/m1/s1/i3D3,4D3. The zero-order chi connectivity index (χ0) is 27.1. The lowest BCUT2D eigenvalue weighted by Crippen LogP contribution is -2.36. The number of hydrogen-bond donors (Lipinski definition) is 3. The Morgan fingerprint density at radius 3 is 2.80 bits per heavy atom. The van der Waals surface area contributed by atoms with Gasteiger partial charge in [-0.2, -0.15) is 0 Å². The molecule has 0 spiro atoms. The number of aliphatic hydroxyl groups is 3. The van der Waals surface area contributed by atoms with Crippen molar-refractivity contribution in [2.24, 2.45) is 23.2 Å². The number of fused-ring (bicyclic) bond motifs is 1. The Balaban J connectivity index is 1.69. The first-order valence-corrected chi connectivity index (χ1v) is 11.7. The lowest BCUT2D eigenvalue weighted by atomic mass is 9.60. The zero-order valence-electron chi connectivity index (χ0n) is 24.7. The van der Waals surface area contributed by atoms with Crippen LogP contribution in [-0.4, -0.2) is 33.1 Å². The molecule has 0 heterocycles. The topological polar surface area (TPSA) is 60.7 Å². The third kappa shape index (κ3) is 5.29. The Morgan fingerprint density at radius 2 is 2.07 bits per heavy atom. The second-order valence-electron chi connectivity index (χ2n) is 10.4. The highest BCUT2D eigenvalue weighted by molar-refractivity contribution is 5.38. The molecule has 3 N–H and O–H groups in total. The van der Waals surface area contributed by atoms with Gasteiger partial charge in [-0.3, -0.25) is 0 Å². The van der Waals surface area contributed by atoms with Crippen LogP contribution >= 0.6 is 0 Å². The summed E-state index contributed by atoms with van der Waals surface area (Å²) in [4.78, 5) is 0. The molecule has 3 heteroatoms. The summed E-state index contributed by atoms with van der Waals surface area (Å²) in [7, 11) is 0. The molecule has 0 aromatic carbocycles. The van der Waals surface area contributed by atoms with Crippen LogP contribution in [0.25, 0.3) is 0 Å². The summed E-state index contributed by atoms with van der Waals surface area (Å²) in [6, 6.07) is 0. The zero-order valence-corrected chi connectivity index (χ0v) is 18.7. The smallest absolute Gasteiger partial charge is 0.0811 e. The van der Waals surface area contributed by atoms with Crippen molar-refractivity contribution in [3.63, 3.8) is 0 Å². The Kier molecular flexibility index (Phi) is 5.18. The highest BCUT2D eigenvalue weighted by Crippen LogP contribution is 2.60. The Labute approximate surface area is 192 Å². The minimum absolute atomic E-state index is 0.120. The molecule has 0 aromatic heterocycles. The van der Waals surface area contributed by atoms with Gasteiger partial charge in [0.15, 0.2) is 0 Å². The van der Waals surface area contributed by atoms with Crippen LogP contribution in [-0.2, 0) is 0 Å². The number of hydrogen-bond acceptors (Lipinski definition) is 3. The molecule has 0 radical (unpaired) electrons. The molecule has 0 aromatic rings. The van der Waals surface area contributed by atoms with E-state index in [1.165, 1.54) is 5.57 Å². The van der Waals surface area contributed by atoms with Crippen LogP contribution in [0.1, 0.15) is 100.0 Å². The fourth-order valence-corrected chi connectivity index (χ4v) is 6.56. The van der Waals surface area contributed by atoms with E-state index >= 15 is 0 Å². The second kappa shape index (κ2) is 9.30. The number of allylic oxidation sites excluding steroid dienone is 3. The lowest BCUT2D eigenvalue weighted by Gasteiger charge is -2.44. The van der Waals surface area contributed by atoms with Crippen molar-refractivity contribution >= 4 is 0 Å². The van der Waals surface area contributed by atoms with Gasteiger partial charge in [-0.05, 0) is 93.0 Å². The highest BCUT2D eigenvalue weighted by atomic mass is 16.3. The fraction of sp³-hybridized carbons (Fsp3) is 0.778. The SMILES string of the molecule is [2H]C([2H])([2H])C(O)(CCC[C@@H](C)[C@H]1CC[C@H]2/C(=C/C=C3/C[C@@H](O)C[C@@H](O)C3=C)CCC[C@]12C)C([2H])([2H])[2H]. The van der Waals surface area contributed by atoms with E-state index in [1.54, 1.807) is 0 Å². The minimum atomic E-state index is -2.96. The van der Waals surface area contributed by atoms with Crippen molar-refractivity contribution in [3.05, 3.63) is 35.5 Å². The summed E-state index contributed by atoms with van der Waals surface area (Å²) in [5.41, 5.74) is 0.463. The Morgan fingerprint density at radius 1 is 1.30 bits per heavy atom. The van der Waals surface area contributed by atoms with Crippen LogP contribution in [0.5, 0.6) is 0 Å². The van der Waals surface area contributed by atoms with Gasteiger partial charge in [-0.1, -0.05) is 51.0 Å². The van der Waals surface area contributed by atoms with Crippen molar-refractivity contribution in [1.29, 1.82) is 0 Å². The fourth-order valence-electron chi connectivity index (χ4n) is 6.56. The van der Waals surface area contributed by atoms with Gasteiger partial charge in [-0.25, -0.2) is 0 Å². The average Bonchev–Trinajstić information content (AvgIpc) is 3.11. The molecule has 30 heavy (non-hydrogen) atoms. The Hall–Kier alpha value is -0.900. The number of aliphatic hydroxyl groups excluding tert-OH is 2. The maximum absolute atomic E-state index is 10.6. The van der Waals surface area contributed by atoms with Crippen LogP contribution in [0.4, 0.5) is 0 Å². The number of rotatable bonds is 6. The van der Waals surface area contributed by atoms with Gasteiger partial charge in [0.25, 0.3) is 0 Å². The van der Waals surface area contributed by atoms with Crippen molar-refractivity contribution < 1.29 is 23.5 Å². The first kappa shape index (κ1) is 16.7. The predicted octanol–water partition coefficient (Wildman–Crippen LogP) is 5.70. The van der Waals surface area contributed by atoms with E-state index in [2.05, 4.69) is 26.5 Å². The van der Waals surface area contributed by atoms with Crippen LogP contribution in [0, 0.1) is 23.2 Å². The molecule has 170 valence electrons. The first-order valence-electron chi connectivity index (χ1n) is 14.7. The van der Waals surface area contributed by atoms with E-state index in [0.717, 1.165) is 37.7 Å². The molecule has 3 saturated carbocycles. The summed E-state index contributed by atoms with van der Waals surface area (Å²) in [5.74, 6) is 1.18. The molecule has 0 saturated heterocycles. The van der Waals surface area contributed by atoms with Gasteiger partial charge >= 0.3 is 0 Å². The van der Waals surface area contributed by atoms with Gasteiger partial charge in [0.05, 0.1) is 17.8 Å². The van der Waals surface area contributed by atoms with Gasteiger partial charge < -0.3 is 15.3 Å². The van der Waals surface area contributed by atoms with Gasteiger partial charge in [0.1, 0.15) is 0 Å². The molecular formula is C27H44O3. The molecule has 3 nitrogen and oxygen atoms in total. The molecule has 0 bridgehead atoms. The molecule has 3 rings (SSSR count). The van der Waals surface area contributed by atoms with Crippen LogP contribution in [0.2, 0.25) is 0 Å². The van der Waals surface area contributed by atoms with Gasteiger partial charge in [0.2, 0.25) is 0 Å². The van der Waals surface area contributed by atoms with Crippen molar-refractivity contribution in [2.45, 2.75) is 110 Å². The summed E-state index contributed by atoms with van der Waals surface area (Å²) >= 11 is 0. The summed E-state index contributed by atoms with van der Waals surface area (Å²) in [6.07, 6.45) is 10.0. The van der Waals surface area contributed by atoms with Gasteiger partial charge in [-0.15, -0.1) is 0 Å². The molecule has 0 unspecified atom stereocenters. The molecule has 0 aliphatic heterocycles.